The van der Waals surface area contributed by atoms with E-state index in [1.807, 2.05) is 6.92 Å². The number of aromatic nitrogens is 1. The summed E-state index contributed by atoms with van der Waals surface area (Å²) in [4.78, 5) is 20.3. The fraction of sp³-hybridized carbons (Fsp3) is 0.550. The molecule has 0 aliphatic carbocycles. The number of nitrogens with zero attached hydrogens (tertiary/aromatic N) is 2. The van der Waals surface area contributed by atoms with Crippen molar-refractivity contribution in [3.05, 3.63) is 34.8 Å². The second-order valence-electron chi connectivity index (χ2n) is 7.45. The SMILES string of the molecule is CCc1[nH]c2c(CNC(=O)CC3CN(C)CCN3C)cc(F)cc2c1C. The summed E-state index contributed by atoms with van der Waals surface area (Å²) in [6, 6.07) is 3.30. The standard InChI is InChI=1S/C20H29FN4O/c1-5-18-13(2)17-9-15(21)8-14(20(17)23-18)11-22-19(26)10-16-12-24(3)6-7-25(16)4/h8-9,16,23H,5-7,10-12H2,1-4H3,(H,22,26). The van der Waals surface area contributed by atoms with Gasteiger partial charge in [0, 0.05) is 49.7 Å². The van der Waals surface area contributed by atoms with Gasteiger partial charge in [-0.05, 0) is 50.7 Å². The van der Waals surface area contributed by atoms with Gasteiger partial charge in [-0.25, -0.2) is 4.39 Å². The molecule has 2 N–H and O–H groups in total. The van der Waals surface area contributed by atoms with Crippen molar-refractivity contribution in [1.82, 2.24) is 20.1 Å². The number of fused-ring (bicyclic) bond motifs is 1. The summed E-state index contributed by atoms with van der Waals surface area (Å²) < 4.78 is 14.0. The molecule has 0 radical (unpaired) electrons. The van der Waals surface area contributed by atoms with Gasteiger partial charge in [0.15, 0.2) is 0 Å². The van der Waals surface area contributed by atoms with Crippen molar-refractivity contribution in [2.45, 2.75) is 39.3 Å². The lowest BCUT2D eigenvalue weighted by Crippen LogP contribution is -2.51. The molecule has 1 fully saturated rings. The van der Waals surface area contributed by atoms with Crippen LogP contribution in [0.15, 0.2) is 12.1 Å². The number of nitrogens with one attached hydrogen (secondary N) is 2. The van der Waals surface area contributed by atoms with Crippen molar-refractivity contribution in [3.63, 3.8) is 0 Å². The van der Waals surface area contributed by atoms with E-state index in [1.54, 1.807) is 6.07 Å². The zero-order chi connectivity index (χ0) is 18.8. The summed E-state index contributed by atoms with van der Waals surface area (Å²) in [6.07, 6.45) is 1.33. The van der Waals surface area contributed by atoms with E-state index in [4.69, 9.17) is 0 Å². The highest BCUT2D eigenvalue weighted by atomic mass is 19.1. The number of amides is 1. The zero-order valence-electron chi connectivity index (χ0n) is 16.2. The molecule has 0 bridgehead atoms. The molecule has 1 amide bonds. The molecule has 1 unspecified atom stereocenters. The third-order valence-corrected chi connectivity index (χ3v) is 5.55. The number of H-pyrrole nitrogens is 1. The van der Waals surface area contributed by atoms with Crippen LogP contribution < -0.4 is 5.32 Å². The van der Waals surface area contributed by atoms with E-state index in [0.29, 0.717) is 13.0 Å². The number of likely N-dealkylation sites (N-methyl/N-ethyl adjacent to an activating group) is 2. The minimum atomic E-state index is -0.264. The van der Waals surface area contributed by atoms with Crippen molar-refractivity contribution in [3.8, 4) is 0 Å². The van der Waals surface area contributed by atoms with Crippen LogP contribution in [0.5, 0.6) is 0 Å². The van der Waals surface area contributed by atoms with E-state index in [2.05, 4.69) is 41.1 Å². The highest BCUT2D eigenvalue weighted by Crippen LogP contribution is 2.26. The van der Waals surface area contributed by atoms with E-state index in [9.17, 15) is 9.18 Å². The number of carbonyl (C=O) groups is 1. The number of halogens is 1. The molecule has 0 saturated carbocycles. The lowest BCUT2D eigenvalue weighted by atomic mass is 10.1. The van der Waals surface area contributed by atoms with Crippen LogP contribution in [0.4, 0.5) is 4.39 Å². The van der Waals surface area contributed by atoms with E-state index >= 15 is 0 Å². The van der Waals surface area contributed by atoms with Gasteiger partial charge in [-0.1, -0.05) is 6.92 Å². The fourth-order valence-corrected chi connectivity index (χ4v) is 3.81. The van der Waals surface area contributed by atoms with Gasteiger partial charge in [0.25, 0.3) is 0 Å². The van der Waals surface area contributed by atoms with Crippen LogP contribution in [-0.2, 0) is 17.8 Å². The summed E-state index contributed by atoms with van der Waals surface area (Å²) in [5.41, 5.74) is 3.92. The van der Waals surface area contributed by atoms with Crippen molar-refractivity contribution in [2.75, 3.05) is 33.7 Å². The minimum Gasteiger partial charge on any atom is -0.358 e. The van der Waals surface area contributed by atoms with Crippen LogP contribution in [-0.4, -0.2) is 60.5 Å². The van der Waals surface area contributed by atoms with E-state index in [0.717, 1.165) is 53.8 Å². The van der Waals surface area contributed by atoms with Crippen molar-refractivity contribution < 1.29 is 9.18 Å². The Labute approximate surface area is 154 Å². The number of carbonyl (C=O) groups excluding carboxylic acids is 1. The Balaban J connectivity index is 1.70. The maximum absolute atomic E-state index is 14.0. The van der Waals surface area contributed by atoms with Crippen LogP contribution >= 0.6 is 0 Å². The average Bonchev–Trinajstić information content (AvgIpc) is 2.92. The van der Waals surface area contributed by atoms with Crippen molar-refractivity contribution in [1.29, 1.82) is 0 Å². The molecule has 1 aliphatic rings. The number of hydrogen-bond acceptors (Lipinski definition) is 3. The highest BCUT2D eigenvalue weighted by molar-refractivity contribution is 5.87. The monoisotopic (exact) mass is 360 g/mol. The largest absolute Gasteiger partial charge is 0.358 e. The second kappa shape index (κ2) is 7.76. The molecule has 1 aliphatic heterocycles. The number of rotatable bonds is 5. The van der Waals surface area contributed by atoms with Gasteiger partial charge in [0.05, 0.1) is 5.52 Å². The van der Waals surface area contributed by atoms with Gasteiger partial charge in [-0.2, -0.15) is 0 Å². The normalized spacial score (nSPS) is 19.2. The van der Waals surface area contributed by atoms with Gasteiger partial charge in [-0.15, -0.1) is 0 Å². The van der Waals surface area contributed by atoms with Gasteiger partial charge in [-0.3, -0.25) is 4.79 Å². The topological polar surface area (TPSA) is 51.4 Å². The van der Waals surface area contributed by atoms with Crippen LogP contribution in [0.1, 0.15) is 30.2 Å². The molecular weight excluding hydrogens is 331 g/mol. The Hall–Kier alpha value is -1.92. The lowest BCUT2D eigenvalue weighted by molar-refractivity contribution is -0.122. The fourth-order valence-electron chi connectivity index (χ4n) is 3.81. The number of aryl methyl sites for hydroxylation is 2. The van der Waals surface area contributed by atoms with Crippen LogP contribution in [0.3, 0.4) is 0 Å². The second-order valence-corrected chi connectivity index (χ2v) is 7.45. The summed E-state index contributed by atoms with van der Waals surface area (Å²) in [6.45, 7) is 7.32. The summed E-state index contributed by atoms with van der Waals surface area (Å²) in [5.74, 6) is -0.256. The smallest absolute Gasteiger partial charge is 0.221 e. The quantitative estimate of drug-likeness (QED) is 0.861. The Morgan fingerprint density at radius 1 is 1.35 bits per heavy atom. The summed E-state index contributed by atoms with van der Waals surface area (Å²) in [5, 5.41) is 3.88. The van der Waals surface area contributed by atoms with Gasteiger partial charge in [0.1, 0.15) is 5.82 Å². The Morgan fingerprint density at radius 2 is 2.12 bits per heavy atom. The van der Waals surface area contributed by atoms with Crippen LogP contribution in [0.25, 0.3) is 10.9 Å². The van der Waals surface area contributed by atoms with Crippen LogP contribution in [0.2, 0.25) is 0 Å². The first-order valence-electron chi connectivity index (χ1n) is 9.34. The Morgan fingerprint density at radius 3 is 2.85 bits per heavy atom. The maximum Gasteiger partial charge on any atom is 0.221 e. The molecule has 142 valence electrons. The molecular formula is C20H29FN4O. The van der Waals surface area contributed by atoms with Crippen LogP contribution in [0, 0.1) is 12.7 Å². The first kappa shape index (κ1) is 18.9. The van der Waals surface area contributed by atoms with Gasteiger partial charge >= 0.3 is 0 Å². The molecule has 2 heterocycles. The van der Waals surface area contributed by atoms with E-state index in [1.165, 1.54) is 6.07 Å². The first-order chi connectivity index (χ1) is 12.4. The molecule has 1 saturated heterocycles. The summed E-state index contributed by atoms with van der Waals surface area (Å²) >= 11 is 0. The zero-order valence-corrected chi connectivity index (χ0v) is 16.2. The highest BCUT2D eigenvalue weighted by Gasteiger charge is 2.24. The molecule has 5 nitrogen and oxygen atoms in total. The first-order valence-corrected chi connectivity index (χ1v) is 9.34. The van der Waals surface area contributed by atoms with E-state index in [-0.39, 0.29) is 17.8 Å². The van der Waals surface area contributed by atoms with Crippen molar-refractivity contribution in [2.24, 2.45) is 0 Å². The van der Waals surface area contributed by atoms with Crippen molar-refractivity contribution >= 4 is 16.8 Å². The molecule has 1 aromatic heterocycles. The molecule has 3 rings (SSSR count). The van der Waals surface area contributed by atoms with Gasteiger partial charge in [0.2, 0.25) is 5.91 Å². The molecule has 2 aromatic rings. The third kappa shape index (κ3) is 3.91. The molecule has 26 heavy (non-hydrogen) atoms. The van der Waals surface area contributed by atoms with Gasteiger partial charge < -0.3 is 20.1 Å². The third-order valence-electron chi connectivity index (χ3n) is 5.55. The maximum atomic E-state index is 14.0. The molecule has 6 heteroatoms. The molecule has 0 spiro atoms. The number of aromatic amines is 1. The summed E-state index contributed by atoms with van der Waals surface area (Å²) in [7, 11) is 4.15. The Bertz CT molecular complexity index is 801. The van der Waals surface area contributed by atoms with E-state index < -0.39 is 0 Å². The number of benzene rings is 1. The predicted octanol–water partition coefficient (Wildman–Crippen LogP) is 2.43. The average molecular weight is 360 g/mol. The molecule has 1 aromatic carbocycles. The number of hydrogen-bond donors (Lipinski definition) is 2. The number of piperazine rings is 1. The minimum absolute atomic E-state index is 0.00792. The predicted molar refractivity (Wildman–Crippen MR) is 103 cm³/mol. The lowest BCUT2D eigenvalue weighted by Gasteiger charge is -2.37. The Kier molecular flexibility index (Phi) is 5.63. The molecule has 1 atom stereocenters.